The van der Waals surface area contributed by atoms with Gasteiger partial charge < -0.3 is 0 Å². The van der Waals surface area contributed by atoms with Gasteiger partial charge in [0.2, 0.25) is 6.19 Å². The maximum atomic E-state index is 9.07. The van der Waals surface area contributed by atoms with Crippen molar-refractivity contribution < 1.29 is 27.4 Å². The Kier molecular flexibility index (Phi) is 7.49. The molecule has 0 aromatic rings. The molecule has 0 aliphatic heterocycles. The molecule has 0 spiro atoms. The summed E-state index contributed by atoms with van der Waals surface area (Å²) in [4.78, 5) is 9.07. The maximum Gasteiger partial charge on any atom is 0.241 e. The van der Waals surface area contributed by atoms with Gasteiger partial charge in [-0.3, -0.25) is 0 Å². The molecule has 0 saturated heterocycles. The topological polar surface area (TPSA) is 79.0 Å². The predicted molar refractivity (Wildman–Crippen MR) is 15.7 cm³/mol. The van der Waals surface area contributed by atoms with Crippen LogP contribution in [0.1, 0.15) is 0 Å². The van der Waals surface area contributed by atoms with Gasteiger partial charge in [0.05, 0.1) is 0 Å². The first-order valence-electron chi connectivity index (χ1n) is 1.06. The van der Waals surface area contributed by atoms with Crippen molar-refractivity contribution in [3.8, 4) is 6.19 Å². The van der Waals surface area contributed by atoms with Gasteiger partial charge in [0.15, 0.2) is 5.03 Å². The van der Waals surface area contributed by atoms with Crippen LogP contribution in [-0.4, -0.2) is 5.03 Å². The third-order valence-electron chi connectivity index (χ3n) is 0.141. The number of rotatable bonds is 1. The van der Waals surface area contributed by atoms with Crippen LogP contribution >= 0.6 is 0 Å². The quantitative estimate of drug-likeness (QED) is 0.196. The Labute approximate surface area is 54.9 Å². The number of hydrazine groups is 1. The molecule has 6 heteroatoms. The van der Waals surface area contributed by atoms with E-state index in [0.29, 0.717) is 0 Å². The summed E-state index contributed by atoms with van der Waals surface area (Å²) in [6, 6.07) is 0. The summed E-state index contributed by atoms with van der Waals surface area (Å²) in [6.07, 6.45) is 1.12. The standard InChI is InChI=1S/CHN3O2.Ag/c2-1-3-4(5)6;/h3H;. The molecular weight excluding hydrogens is 194 g/mol. The van der Waals surface area contributed by atoms with E-state index in [0.717, 1.165) is 6.19 Å². The Morgan fingerprint density at radius 2 is 2.29 bits per heavy atom. The average molecular weight is 195 g/mol. The average Bonchev–Trinajstić information content (AvgIpc) is 1.35. The molecule has 0 saturated carbocycles. The normalized spacial score (nSPS) is 5.00. The van der Waals surface area contributed by atoms with Gasteiger partial charge in [-0.1, -0.05) is 0 Å². The first kappa shape index (κ1) is 9.66. The molecule has 0 heterocycles. The minimum atomic E-state index is -0.931. The van der Waals surface area contributed by atoms with E-state index in [1.54, 1.807) is 0 Å². The van der Waals surface area contributed by atoms with Gasteiger partial charge in [0, 0.05) is 22.4 Å². The maximum absolute atomic E-state index is 9.07. The van der Waals surface area contributed by atoms with Gasteiger partial charge >= 0.3 is 0 Å². The molecule has 0 aliphatic rings. The molecule has 1 N–H and O–H groups in total. The van der Waals surface area contributed by atoms with E-state index in [4.69, 9.17) is 15.4 Å². The Balaban J connectivity index is 0. The van der Waals surface area contributed by atoms with E-state index in [1.165, 1.54) is 5.43 Å². The van der Waals surface area contributed by atoms with Gasteiger partial charge in [-0.15, -0.1) is 0 Å². The first-order valence-corrected chi connectivity index (χ1v) is 1.06. The summed E-state index contributed by atoms with van der Waals surface area (Å²) in [5.41, 5.74) is 1.24. The molecular formula is CHAgN3O2. The summed E-state index contributed by atoms with van der Waals surface area (Å²) < 4.78 is 0. The van der Waals surface area contributed by atoms with Crippen molar-refractivity contribution in [1.29, 1.82) is 5.26 Å². The zero-order valence-corrected chi connectivity index (χ0v) is 4.49. The molecule has 0 rings (SSSR count). The summed E-state index contributed by atoms with van der Waals surface area (Å²) in [7, 11) is 0. The monoisotopic (exact) mass is 194 g/mol. The SMILES string of the molecule is N#CN[N+](=O)[O-].[Ag]. The van der Waals surface area contributed by atoms with Crippen LogP contribution in [0, 0.1) is 21.6 Å². The Morgan fingerprint density at radius 1 is 1.86 bits per heavy atom. The number of hydrogen-bond acceptors (Lipinski definition) is 3. The Morgan fingerprint density at radius 3 is 2.29 bits per heavy atom. The fourth-order valence-electron chi connectivity index (χ4n) is 0.0408. The minimum Gasteiger partial charge on any atom is -0.234 e. The van der Waals surface area contributed by atoms with Crippen LogP contribution in [0.25, 0.3) is 0 Å². The second-order valence-corrected chi connectivity index (χ2v) is 0.481. The largest absolute Gasteiger partial charge is 0.241 e. The smallest absolute Gasteiger partial charge is 0.234 e. The van der Waals surface area contributed by atoms with Crippen LogP contribution in [0.15, 0.2) is 0 Å². The number of nitro groups is 1. The van der Waals surface area contributed by atoms with E-state index >= 15 is 0 Å². The molecule has 0 unspecified atom stereocenters. The third-order valence-corrected chi connectivity index (χ3v) is 0.141. The van der Waals surface area contributed by atoms with Crippen LogP contribution in [0.2, 0.25) is 0 Å². The van der Waals surface area contributed by atoms with Crippen LogP contribution in [0.3, 0.4) is 0 Å². The van der Waals surface area contributed by atoms with Crippen LogP contribution in [-0.2, 0) is 22.4 Å². The van der Waals surface area contributed by atoms with Gasteiger partial charge in [-0.05, 0) is 5.43 Å². The number of hydrogen-bond donors (Lipinski definition) is 1. The molecule has 5 nitrogen and oxygen atoms in total. The van der Waals surface area contributed by atoms with Crippen molar-refractivity contribution >= 4 is 0 Å². The van der Waals surface area contributed by atoms with Crippen molar-refractivity contribution in [2.45, 2.75) is 0 Å². The van der Waals surface area contributed by atoms with E-state index in [9.17, 15) is 0 Å². The zero-order chi connectivity index (χ0) is 4.99. The fraction of sp³-hybridized carbons (Fsp3) is 0. The van der Waals surface area contributed by atoms with Gasteiger partial charge in [-0.25, -0.2) is 10.1 Å². The number of nitrogens with one attached hydrogen (secondary N) is 1. The summed E-state index contributed by atoms with van der Waals surface area (Å²) in [5.74, 6) is 0. The van der Waals surface area contributed by atoms with Gasteiger partial charge in [0.1, 0.15) is 0 Å². The molecule has 0 fully saturated rings. The van der Waals surface area contributed by atoms with Crippen LogP contribution in [0.5, 0.6) is 0 Å². The fourth-order valence-corrected chi connectivity index (χ4v) is 0.0408. The molecule has 0 aromatic heterocycles. The molecule has 0 atom stereocenters. The summed E-state index contributed by atoms with van der Waals surface area (Å²) in [6.45, 7) is 0. The van der Waals surface area contributed by atoms with E-state index in [-0.39, 0.29) is 22.4 Å². The van der Waals surface area contributed by atoms with E-state index in [1.807, 2.05) is 0 Å². The zero-order valence-electron chi connectivity index (χ0n) is 3.01. The van der Waals surface area contributed by atoms with Crippen molar-refractivity contribution in [3.05, 3.63) is 10.1 Å². The molecule has 43 valence electrons. The second-order valence-electron chi connectivity index (χ2n) is 0.481. The summed E-state index contributed by atoms with van der Waals surface area (Å²) in [5, 5.41) is 15.6. The van der Waals surface area contributed by atoms with Crippen molar-refractivity contribution in [3.63, 3.8) is 0 Å². The second kappa shape index (κ2) is 5.43. The molecule has 7 heavy (non-hydrogen) atoms. The first-order chi connectivity index (χ1) is 2.77. The Bertz CT molecular complexity index is 95.6. The minimum absolute atomic E-state index is 0. The van der Waals surface area contributed by atoms with Crippen molar-refractivity contribution in [2.24, 2.45) is 0 Å². The van der Waals surface area contributed by atoms with E-state index < -0.39 is 5.03 Å². The van der Waals surface area contributed by atoms with Crippen molar-refractivity contribution in [2.75, 3.05) is 0 Å². The number of nitrogens with zero attached hydrogens (tertiary/aromatic N) is 2. The van der Waals surface area contributed by atoms with Crippen molar-refractivity contribution in [1.82, 2.24) is 5.43 Å². The molecule has 0 amide bonds. The summed E-state index contributed by atoms with van der Waals surface area (Å²) >= 11 is 0. The van der Waals surface area contributed by atoms with Gasteiger partial charge in [0.25, 0.3) is 0 Å². The predicted octanol–water partition coefficient (Wildman–Crippen LogP) is -0.754. The molecule has 0 bridgehead atoms. The molecule has 1 radical (unpaired) electrons. The van der Waals surface area contributed by atoms with Crippen LogP contribution < -0.4 is 5.43 Å². The molecule has 0 aromatic carbocycles. The number of nitriles is 1. The molecule has 0 aliphatic carbocycles. The Hall–Kier alpha value is -0.570. The van der Waals surface area contributed by atoms with E-state index in [2.05, 4.69) is 0 Å². The van der Waals surface area contributed by atoms with Gasteiger partial charge in [-0.2, -0.15) is 5.26 Å². The van der Waals surface area contributed by atoms with Crippen LogP contribution in [0.4, 0.5) is 0 Å². The third kappa shape index (κ3) is 10.8.